The minimum atomic E-state index is -0.904. The summed E-state index contributed by atoms with van der Waals surface area (Å²) in [6.45, 7) is 3.84. The Morgan fingerprint density at radius 1 is 1.39 bits per heavy atom. The van der Waals surface area contributed by atoms with E-state index in [0.717, 1.165) is 23.7 Å². The molecule has 2 N–H and O–H groups in total. The van der Waals surface area contributed by atoms with Crippen molar-refractivity contribution in [3.05, 3.63) is 36.0 Å². The number of aliphatic hydroxyl groups excluding tert-OH is 1. The Balaban J connectivity index is 2.09. The molecule has 0 aliphatic carbocycles. The molecule has 4 nitrogen and oxygen atoms in total. The van der Waals surface area contributed by atoms with Crippen molar-refractivity contribution in [2.45, 2.75) is 43.9 Å². The van der Waals surface area contributed by atoms with Crippen LogP contribution in [0.2, 0.25) is 0 Å². The second-order valence-corrected chi connectivity index (χ2v) is 8.07. The van der Waals surface area contributed by atoms with Crippen molar-refractivity contribution >= 4 is 34.3 Å². The van der Waals surface area contributed by atoms with E-state index >= 15 is 0 Å². The van der Waals surface area contributed by atoms with Crippen LogP contribution in [0.4, 0.5) is 0 Å². The Kier molecular flexibility index (Phi) is 8.48. The number of benzene rings is 1. The summed E-state index contributed by atoms with van der Waals surface area (Å²) in [5.41, 5.74) is 0.476. The Labute approximate surface area is 176 Å². The van der Waals surface area contributed by atoms with Crippen molar-refractivity contribution in [1.29, 1.82) is 0 Å². The second kappa shape index (κ2) is 10.6. The first-order valence-electron chi connectivity index (χ1n) is 8.96. The van der Waals surface area contributed by atoms with E-state index in [4.69, 9.17) is 22.8 Å². The third kappa shape index (κ3) is 6.62. The van der Waals surface area contributed by atoms with Gasteiger partial charge in [-0.2, -0.15) is 0 Å². The van der Waals surface area contributed by atoms with Crippen LogP contribution in [-0.4, -0.2) is 39.4 Å². The molecular formula is C22H25ClN2O2S. The van der Waals surface area contributed by atoms with Gasteiger partial charge in [0.15, 0.2) is 11.7 Å². The Bertz CT molecular complexity index is 899. The lowest BCUT2D eigenvalue weighted by Crippen LogP contribution is -2.51. The number of fused-ring (bicyclic) bond motifs is 1. The van der Waals surface area contributed by atoms with Crippen LogP contribution >= 0.6 is 23.4 Å². The molecule has 0 saturated carbocycles. The Morgan fingerprint density at radius 3 is 2.86 bits per heavy atom. The summed E-state index contributed by atoms with van der Waals surface area (Å²) in [6, 6.07) is 7.46. The fourth-order valence-corrected chi connectivity index (χ4v) is 3.22. The summed E-state index contributed by atoms with van der Waals surface area (Å²) < 4.78 is 6.00. The van der Waals surface area contributed by atoms with Crippen molar-refractivity contribution in [1.82, 2.24) is 10.3 Å². The predicted molar refractivity (Wildman–Crippen MR) is 119 cm³/mol. The maximum Gasteiger partial charge on any atom is 0.183 e. The number of terminal acetylenes is 1. The fourth-order valence-electron chi connectivity index (χ4n) is 2.55. The Morgan fingerprint density at radius 2 is 2.18 bits per heavy atom. The highest BCUT2D eigenvalue weighted by molar-refractivity contribution is 7.99. The first-order chi connectivity index (χ1) is 13.4. The van der Waals surface area contributed by atoms with Gasteiger partial charge in [-0.05, 0) is 50.8 Å². The number of hydrogen-bond donors (Lipinski definition) is 2. The molecule has 0 radical (unpaired) electrons. The molecule has 2 aromatic rings. The summed E-state index contributed by atoms with van der Waals surface area (Å²) >= 11 is 7.08. The minimum absolute atomic E-state index is 0.509. The number of unbranched alkanes of at least 4 members (excludes halogenated alkanes) is 1. The van der Waals surface area contributed by atoms with E-state index < -0.39 is 17.2 Å². The lowest BCUT2D eigenvalue weighted by molar-refractivity contribution is 0.0461. The van der Waals surface area contributed by atoms with Crippen LogP contribution in [0.25, 0.3) is 10.9 Å². The summed E-state index contributed by atoms with van der Waals surface area (Å²) in [5, 5.41) is 14.6. The van der Waals surface area contributed by atoms with E-state index in [1.165, 1.54) is 11.8 Å². The number of pyridine rings is 1. The molecule has 0 saturated heterocycles. The number of nitrogens with zero attached hydrogens (tertiary/aromatic N) is 1. The summed E-state index contributed by atoms with van der Waals surface area (Å²) in [4.78, 5) is 4.33. The predicted octanol–water partition coefficient (Wildman–Crippen LogP) is 3.99. The van der Waals surface area contributed by atoms with Gasteiger partial charge in [0.05, 0.1) is 11.1 Å². The first-order valence-corrected chi connectivity index (χ1v) is 10.8. The van der Waals surface area contributed by atoms with Gasteiger partial charge in [-0.1, -0.05) is 11.8 Å². The van der Waals surface area contributed by atoms with Crippen LogP contribution in [0.5, 0.6) is 5.75 Å². The zero-order valence-electron chi connectivity index (χ0n) is 16.3. The van der Waals surface area contributed by atoms with E-state index in [1.807, 2.05) is 44.4 Å². The van der Waals surface area contributed by atoms with Crippen LogP contribution in [0.3, 0.4) is 0 Å². The summed E-state index contributed by atoms with van der Waals surface area (Å²) in [5.74, 6) is 10.0. The van der Waals surface area contributed by atoms with Crippen LogP contribution in [0.1, 0.15) is 32.3 Å². The maximum atomic E-state index is 10.6. The number of thioether (sulfide) groups is 1. The number of rotatable bonds is 8. The van der Waals surface area contributed by atoms with Crippen molar-refractivity contribution < 1.29 is 9.84 Å². The third-order valence-electron chi connectivity index (χ3n) is 3.91. The highest BCUT2D eigenvalue weighted by Gasteiger charge is 2.26. The molecule has 0 fully saturated rings. The lowest BCUT2D eigenvalue weighted by Gasteiger charge is -2.29. The molecule has 0 aliphatic heterocycles. The number of nitrogens with one attached hydrogen (secondary N) is 1. The van der Waals surface area contributed by atoms with E-state index in [0.29, 0.717) is 17.2 Å². The molecule has 28 heavy (non-hydrogen) atoms. The molecule has 1 aromatic heterocycles. The summed E-state index contributed by atoms with van der Waals surface area (Å²) in [7, 11) is 0. The normalized spacial score (nSPS) is 13.3. The molecule has 0 spiro atoms. The highest BCUT2D eigenvalue weighted by atomic mass is 35.5. The zero-order chi connectivity index (χ0) is 20.6. The van der Waals surface area contributed by atoms with E-state index in [2.05, 4.69) is 28.1 Å². The van der Waals surface area contributed by atoms with Crippen LogP contribution in [0.15, 0.2) is 30.5 Å². The van der Waals surface area contributed by atoms with Crippen molar-refractivity contribution in [2.75, 3.05) is 12.1 Å². The van der Waals surface area contributed by atoms with Gasteiger partial charge in [-0.25, -0.2) is 0 Å². The molecule has 2 rings (SSSR count). The number of alkyl halides is 1. The van der Waals surface area contributed by atoms with Gasteiger partial charge in [-0.3, -0.25) is 10.3 Å². The topological polar surface area (TPSA) is 54.4 Å². The van der Waals surface area contributed by atoms with Crippen LogP contribution < -0.4 is 10.1 Å². The van der Waals surface area contributed by atoms with E-state index in [9.17, 15) is 5.11 Å². The van der Waals surface area contributed by atoms with Gasteiger partial charge in [0.25, 0.3) is 0 Å². The quantitative estimate of drug-likeness (QED) is 0.295. The van der Waals surface area contributed by atoms with Crippen molar-refractivity contribution in [3.8, 4) is 29.9 Å². The molecular weight excluding hydrogens is 392 g/mol. The molecule has 148 valence electrons. The second-order valence-electron chi connectivity index (χ2n) is 6.75. The first kappa shape index (κ1) is 22.4. The van der Waals surface area contributed by atoms with Gasteiger partial charge < -0.3 is 9.84 Å². The lowest BCUT2D eigenvalue weighted by atomic mass is 10.1. The van der Waals surface area contributed by atoms with Gasteiger partial charge in [-0.15, -0.1) is 35.7 Å². The van der Waals surface area contributed by atoms with Gasteiger partial charge in [0.2, 0.25) is 0 Å². The number of aliphatic hydroxyl groups is 1. The SMILES string of the molecule is C#Cc1cnc2ccc(OC(SC)C(O)NC(C)(C)C#CCCCCl)cc2c1. The number of halogens is 1. The molecule has 2 atom stereocenters. The maximum absolute atomic E-state index is 10.6. The van der Waals surface area contributed by atoms with E-state index in [1.54, 1.807) is 6.20 Å². The van der Waals surface area contributed by atoms with Crippen LogP contribution in [-0.2, 0) is 0 Å². The largest absolute Gasteiger partial charge is 0.476 e. The molecule has 6 heteroatoms. The Hall–Kier alpha value is -1.89. The smallest absolute Gasteiger partial charge is 0.183 e. The molecule has 1 aromatic carbocycles. The zero-order valence-corrected chi connectivity index (χ0v) is 17.9. The number of hydrogen-bond acceptors (Lipinski definition) is 5. The van der Waals surface area contributed by atoms with Gasteiger partial charge >= 0.3 is 0 Å². The average molecular weight is 417 g/mol. The molecule has 0 bridgehead atoms. The van der Waals surface area contributed by atoms with Crippen molar-refractivity contribution in [2.24, 2.45) is 0 Å². The summed E-state index contributed by atoms with van der Waals surface area (Å²) in [6.07, 6.45) is 9.67. The highest BCUT2D eigenvalue weighted by Crippen LogP contribution is 2.24. The van der Waals surface area contributed by atoms with Gasteiger partial charge in [0.1, 0.15) is 5.75 Å². The van der Waals surface area contributed by atoms with Gasteiger partial charge in [0, 0.05) is 29.4 Å². The van der Waals surface area contributed by atoms with Crippen molar-refractivity contribution in [3.63, 3.8) is 0 Å². The number of ether oxygens (including phenoxy) is 1. The molecule has 0 amide bonds. The van der Waals surface area contributed by atoms with Crippen LogP contribution in [0, 0.1) is 24.2 Å². The third-order valence-corrected chi connectivity index (χ3v) is 4.99. The van der Waals surface area contributed by atoms with E-state index in [-0.39, 0.29) is 0 Å². The fraction of sp³-hybridized carbons (Fsp3) is 0.409. The average Bonchev–Trinajstić information content (AvgIpc) is 2.68. The monoisotopic (exact) mass is 416 g/mol. The molecule has 0 aliphatic rings. The number of aromatic nitrogens is 1. The molecule has 1 heterocycles. The minimum Gasteiger partial charge on any atom is -0.476 e. The standard InChI is InChI=1S/C22H25ClN2O2S/c1-5-16-13-17-14-18(9-10-19(17)24-15-16)27-21(28-4)20(26)25-22(2,3)11-7-6-8-12-23/h1,9-10,13-15,20-21,25-26H,6,8,12H2,2-4H3. The molecule has 2 unspecified atom stereocenters.